The molecule has 0 amide bonds. The van der Waals surface area contributed by atoms with Crippen LogP contribution >= 0.6 is 0 Å². The summed E-state index contributed by atoms with van der Waals surface area (Å²) in [4.78, 5) is 2.56. The van der Waals surface area contributed by atoms with E-state index in [0.29, 0.717) is 6.04 Å². The second kappa shape index (κ2) is 7.28. The number of piperidine rings is 1. The van der Waals surface area contributed by atoms with Gasteiger partial charge in [0, 0.05) is 30.7 Å². The van der Waals surface area contributed by atoms with Gasteiger partial charge in [0.1, 0.15) is 12.4 Å². The van der Waals surface area contributed by atoms with Crippen molar-refractivity contribution in [3.63, 3.8) is 0 Å². The third-order valence-electron chi connectivity index (χ3n) is 4.71. The van der Waals surface area contributed by atoms with Crippen molar-refractivity contribution in [1.82, 2.24) is 10.2 Å². The first-order valence-electron chi connectivity index (χ1n) is 8.51. The lowest BCUT2D eigenvalue weighted by molar-refractivity contribution is 0.133. The van der Waals surface area contributed by atoms with E-state index in [9.17, 15) is 0 Å². The van der Waals surface area contributed by atoms with Crippen LogP contribution in [-0.4, -0.2) is 36.7 Å². The van der Waals surface area contributed by atoms with Gasteiger partial charge in [-0.2, -0.15) is 0 Å². The van der Waals surface area contributed by atoms with Crippen LogP contribution in [0.2, 0.25) is 0 Å². The number of hydrogen-bond donors (Lipinski definition) is 1. The molecule has 1 saturated carbocycles. The zero-order valence-electron chi connectivity index (χ0n) is 13.2. The maximum atomic E-state index is 6.06. The lowest BCUT2D eigenvalue weighted by Crippen LogP contribution is -2.39. The molecular weight excluding hydrogens is 260 g/mol. The van der Waals surface area contributed by atoms with Gasteiger partial charge in [-0.05, 0) is 45.2 Å². The molecule has 3 nitrogen and oxygen atoms in total. The first-order chi connectivity index (χ1) is 10.3. The van der Waals surface area contributed by atoms with Crippen molar-refractivity contribution in [2.75, 3.05) is 19.7 Å². The Labute approximate surface area is 128 Å². The van der Waals surface area contributed by atoms with Gasteiger partial charge in [-0.1, -0.05) is 24.6 Å². The summed E-state index contributed by atoms with van der Waals surface area (Å²) in [6.07, 6.45) is 6.72. The number of hydrogen-bond acceptors (Lipinski definition) is 3. The Morgan fingerprint density at radius 2 is 2.05 bits per heavy atom. The van der Waals surface area contributed by atoms with E-state index in [1.807, 2.05) is 0 Å². The topological polar surface area (TPSA) is 24.5 Å². The average molecular weight is 288 g/mol. The summed E-state index contributed by atoms with van der Waals surface area (Å²) in [5.74, 6) is 1.05. The Kier molecular flexibility index (Phi) is 5.15. The molecule has 2 aliphatic rings. The maximum Gasteiger partial charge on any atom is 0.123 e. The van der Waals surface area contributed by atoms with Gasteiger partial charge in [0.05, 0.1) is 0 Å². The maximum absolute atomic E-state index is 6.06. The number of nitrogens with zero attached hydrogens (tertiary/aromatic N) is 1. The zero-order valence-corrected chi connectivity index (χ0v) is 13.2. The number of para-hydroxylation sites is 1. The fourth-order valence-electron chi connectivity index (χ4n) is 3.10. The molecule has 1 atom stereocenters. The summed E-state index contributed by atoms with van der Waals surface area (Å²) in [5, 5.41) is 3.57. The molecule has 3 rings (SSSR count). The molecule has 0 aromatic heterocycles. The van der Waals surface area contributed by atoms with E-state index in [1.54, 1.807) is 0 Å². The molecule has 1 aromatic carbocycles. The van der Waals surface area contributed by atoms with Crippen LogP contribution in [0.25, 0.3) is 0 Å². The van der Waals surface area contributed by atoms with Crippen LogP contribution in [0.1, 0.15) is 44.6 Å². The highest BCUT2D eigenvalue weighted by molar-refractivity contribution is 5.33. The third kappa shape index (κ3) is 4.45. The van der Waals surface area contributed by atoms with Crippen LogP contribution < -0.4 is 10.1 Å². The normalized spacial score (nSPS) is 23.2. The molecule has 1 unspecified atom stereocenters. The summed E-state index contributed by atoms with van der Waals surface area (Å²) in [6, 6.07) is 9.90. The van der Waals surface area contributed by atoms with E-state index in [1.165, 1.54) is 44.2 Å². The van der Waals surface area contributed by atoms with Gasteiger partial charge in [0.25, 0.3) is 0 Å². The van der Waals surface area contributed by atoms with E-state index in [-0.39, 0.29) is 0 Å². The molecule has 1 N–H and O–H groups in total. The number of ether oxygens (including phenoxy) is 1. The van der Waals surface area contributed by atoms with E-state index in [4.69, 9.17) is 4.74 Å². The smallest absolute Gasteiger partial charge is 0.123 e. The molecule has 1 aliphatic carbocycles. The van der Waals surface area contributed by atoms with Gasteiger partial charge in [0.2, 0.25) is 0 Å². The number of rotatable bonds is 7. The summed E-state index contributed by atoms with van der Waals surface area (Å²) in [5.41, 5.74) is 1.29. The van der Waals surface area contributed by atoms with Gasteiger partial charge in [-0.3, -0.25) is 4.90 Å². The van der Waals surface area contributed by atoms with Gasteiger partial charge in [-0.25, -0.2) is 0 Å². The van der Waals surface area contributed by atoms with Crippen LogP contribution in [0.15, 0.2) is 24.3 Å². The summed E-state index contributed by atoms with van der Waals surface area (Å²) >= 11 is 0. The van der Waals surface area contributed by atoms with Crippen LogP contribution in [0, 0.1) is 0 Å². The molecule has 0 radical (unpaired) electrons. The molecule has 0 bridgehead atoms. The van der Waals surface area contributed by atoms with E-state index >= 15 is 0 Å². The molecule has 21 heavy (non-hydrogen) atoms. The fraction of sp³-hybridized carbons (Fsp3) is 0.667. The van der Waals surface area contributed by atoms with Crippen LogP contribution in [0.4, 0.5) is 0 Å². The molecule has 1 aromatic rings. The van der Waals surface area contributed by atoms with Gasteiger partial charge >= 0.3 is 0 Å². The summed E-state index contributed by atoms with van der Waals surface area (Å²) in [7, 11) is 0. The van der Waals surface area contributed by atoms with Crippen molar-refractivity contribution < 1.29 is 4.74 Å². The minimum Gasteiger partial charge on any atom is -0.492 e. The monoisotopic (exact) mass is 288 g/mol. The average Bonchev–Trinajstić information content (AvgIpc) is 3.32. The highest BCUT2D eigenvalue weighted by atomic mass is 16.5. The Morgan fingerprint density at radius 3 is 2.86 bits per heavy atom. The number of likely N-dealkylation sites (tertiary alicyclic amines) is 1. The molecule has 1 saturated heterocycles. The highest BCUT2D eigenvalue weighted by Gasteiger charge is 2.21. The van der Waals surface area contributed by atoms with Crippen LogP contribution in [0.3, 0.4) is 0 Å². The Bertz CT molecular complexity index is 445. The first-order valence-corrected chi connectivity index (χ1v) is 8.51. The van der Waals surface area contributed by atoms with E-state index in [2.05, 4.69) is 41.4 Å². The quantitative estimate of drug-likeness (QED) is 0.834. The molecule has 116 valence electrons. The zero-order chi connectivity index (χ0) is 14.5. The number of nitrogens with one attached hydrogen (secondary N) is 1. The molecule has 0 spiro atoms. The first kappa shape index (κ1) is 14.9. The van der Waals surface area contributed by atoms with Gasteiger partial charge in [0.15, 0.2) is 0 Å². The predicted molar refractivity (Wildman–Crippen MR) is 86.7 cm³/mol. The SMILES string of the molecule is CC1CCCCN1CCOc1ccccc1CNC1CC1. The molecule has 3 heteroatoms. The second-order valence-corrected chi connectivity index (χ2v) is 6.49. The van der Waals surface area contributed by atoms with Gasteiger partial charge in [-0.15, -0.1) is 0 Å². The standard InChI is InChI=1S/C18H28N2O/c1-15-6-4-5-11-20(15)12-13-21-18-8-3-2-7-16(18)14-19-17-9-10-17/h2-3,7-8,15,17,19H,4-6,9-14H2,1H3. The lowest BCUT2D eigenvalue weighted by atomic mass is 10.0. The molecule has 1 heterocycles. The third-order valence-corrected chi connectivity index (χ3v) is 4.71. The second-order valence-electron chi connectivity index (χ2n) is 6.49. The lowest BCUT2D eigenvalue weighted by Gasteiger charge is -2.33. The largest absolute Gasteiger partial charge is 0.492 e. The predicted octanol–water partition coefficient (Wildman–Crippen LogP) is 3.19. The van der Waals surface area contributed by atoms with Crippen molar-refractivity contribution in [2.24, 2.45) is 0 Å². The number of benzene rings is 1. The molecule has 2 fully saturated rings. The van der Waals surface area contributed by atoms with Crippen molar-refractivity contribution in [3.8, 4) is 5.75 Å². The Balaban J connectivity index is 1.47. The highest BCUT2D eigenvalue weighted by Crippen LogP contribution is 2.23. The van der Waals surface area contributed by atoms with Crippen molar-refractivity contribution in [3.05, 3.63) is 29.8 Å². The van der Waals surface area contributed by atoms with Crippen molar-refractivity contribution in [1.29, 1.82) is 0 Å². The van der Waals surface area contributed by atoms with Crippen LogP contribution in [-0.2, 0) is 6.54 Å². The summed E-state index contributed by atoms with van der Waals surface area (Å²) < 4.78 is 6.06. The fourth-order valence-corrected chi connectivity index (χ4v) is 3.10. The van der Waals surface area contributed by atoms with Crippen molar-refractivity contribution in [2.45, 2.75) is 57.7 Å². The molecule has 1 aliphatic heterocycles. The van der Waals surface area contributed by atoms with Crippen LogP contribution in [0.5, 0.6) is 5.75 Å². The van der Waals surface area contributed by atoms with Gasteiger partial charge < -0.3 is 10.1 Å². The van der Waals surface area contributed by atoms with E-state index < -0.39 is 0 Å². The Hall–Kier alpha value is -1.06. The van der Waals surface area contributed by atoms with E-state index in [0.717, 1.165) is 31.5 Å². The summed E-state index contributed by atoms with van der Waals surface area (Å²) in [6.45, 7) is 6.35. The van der Waals surface area contributed by atoms with Crippen molar-refractivity contribution >= 4 is 0 Å². The minimum absolute atomic E-state index is 0.717. The molecular formula is C18H28N2O. The minimum atomic E-state index is 0.717. The Morgan fingerprint density at radius 1 is 1.19 bits per heavy atom.